The van der Waals surface area contributed by atoms with Crippen LogP contribution in [0.25, 0.3) is 0 Å². The molecule has 1 amide bonds. The second-order valence-corrected chi connectivity index (χ2v) is 6.91. The molecule has 2 N–H and O–H groups in total. The molecule has 0 spiro atoms. The summed E-state index contributed by atoms with van der Waals surface area (Å²) in [7, 11) is -3.81. The maximum atomic E-state index is 12.0. The van der Waals surface area contributed by atoms with Crippen molar-refractivity contribution >= 4 is 27.3 Å². The molecule has 0 aromatic heterocycles. The van der Waals surface area contributed by atoms with Crippen LogP contribution in [0.3, 0.4) is 0 Å². The first-order valence-corrected chi connectivity index (χ1v) is 8.91. The van der Waals surface area contributed by atoms with E-state index in [9.17, 15) is 23.3 Å². The van der Waals surface area contributed by atoms with Crippen molar-refractivity contribution in [3.63, 3.8) is 0 Å². The maximum Gasteiger partial charge on any atom is 0.278 e. The minimum Gasteiger partial charge on any atom is -0.272 e. The van der Waals surface area contributed by atoms with Gasteiger partial charge in [-0.1, -0.05) is 30.3 Å². The lowest BCUT2D eigenvalue weighted by atomic mass is 10.1. The zero-order chi connectivity index (χ0) is 19.2. The Hall–Kier alpha value is -3.11. The topological polar surface area (TPSA) is 131 Å². The van der Waals surface area contributed by atoms with E-state index >= 15 is 0 Å². The minimum absolute atomic E-state index is 0.0346. The molecule has 0 bridgehead atoms. The van der Waals surface area contributed by atoms with Gasteiger partial charge in [0.25, 0.3) is 11.6 Å². The van der Waals surface area contributed by atoms with Gasteiger partial charge in [-0.25, -0.2) is 18.6 Å². The summed E-state index contributed by atoms with van der Waals surface area (Å²) in [6.07, 6.45) is 0. The van der Waals surface area contributed by atoms with Gasteiger partial charge in [-0.3, -0.25) is 14.9 Å². The minimum atomic E-state index is -3.81. The monoisotopic (exact) mass is 376 g/mol. The summed E-state index contributed by atoms with van der Waals surface area (Å²) in [5.74, 6) is -0.706. The highest BCUT2D eigenvalue weighted by Crippen LogP contribution is 2.18. The average Bonchev–Trinajstić information content (AvgIpc) is 2.65. The number of nitro groups is 1. The summed E-state index contributed by atoms with van der Waals surface area (Å²) in [6, 6.07) is 13.6. The molecule has 0 saturated heterocycles. The zero-order valence-electron chi connectivity index (χ0n) is 13.7. The van der Waals surface area contributed by atoms with Crippen LogP contribution in [-0.4, -0.2) is 31.5 Å². The summed E-state index contributed by atoms with van der Waals surface area (Å²) in [5.41, 5.74) is 2.50. The summed E-state index contributed by atoms with van der Waals surface area (Å²) >= 11 is 0. The van der Waals surface area contributed by atoms with Crippen molar-refractivity contribution in [1.82, 2.24) is 10.1 Å². The molecule has 10 heteroatoms. The summed E-state index contributed by atoms with van der Waals surface area (Å²) in [6.45, 7) is 0.974. The number of hydrogen-bond acceptors (Lipinski definition) is 6. The number of nitrogens with one attached hydrogen (secondary N) is 2. The molecule has 0 aliphatic carbocycles. The van der Waals surface area contributed by atoms with Gasteiger partial charge in [-0.05, 0) is 25.1 Å². The van der Waals surface area contributed by atoms with Crippen molar-refractivity contribution < 1.29 is 18.1 Å². The summed E-state index contributed by atoms with van der Waals surface area (Å²) < 4.78 is 26.2. The number of amides is 1. The van der Waals surface area contributed by atoms with E-state index in [-0.39, 0.29) is 21.9 Å². The lowest BCUT2D eigenvalue weighted by Crippen LogP contribution is -2.35. The van der Waals surface area contributed by atoms with Gasteiger partial charge in [0.2, 0.25) is 10.0 Å². The van der Waals surface area contributed by atoms with Gasteiger partial charge < -0.3 is 0 Å². The number of sulfonamides is 1. The van der Waals surface area contributed by atoms with Gasteiger partial charge in [0.1, 0.15) is 0 Å². The fourth-order valence-corrected chi connectivity index (χ4v) is 3.03. The van der Waals surface area contributed by atoms with Crippen LogP contribution in [0.1, 0.15) is 12.5 Å². The standard InChI is InChI=1S/C16H16N4O5S/c1-12(14-9-5-6-10-15(14)20(22)23)18-19-16(21)11-17-26(24,25)13-7-3-2-4-8-13/h2-10,17H,11H2,1H3,(H,19,21)/b18-12-. The van der Waals surface area contributed by atoms with E-state index in [1.807, 2.05) is 0 Å². The molecule has 2 aromatic carbocycles. The fraction of sp³-hybridized carbons (Fsp3) is 0.125. The maximum absolute atomic E-state index is 12.0. The number of nitro benzene ring substituents is 1. The Kier molecular flexibility index (Phi) is 6.15. The van der Waals surface area contributed by atoms with E-state index in [1.54, 1.807) is 24.3 Å². The molecule has 0 radical (unpaired) electrons. The molecule has 2 rings (SSSR count). The molecule has 0 saturated carbocycles. The van der Waals surface area contributed by atoms with E-state index in [1.165, 1.54) is 37.3 Å². The first-order chi connectivity index (χ1) is 12.3. The first-order valence-electron chi connectivity index (χ1n) is 7.43. The van der Waals surface area contributed by atoms with Crippen LogP contribution < -0.4 is 10.1 Å². The molecule has 0 aliphatic rings. The van der Waals surface area contributed by atoms with Gasteiger partial charge in [-0.2, -0.15) is 5.10 Å². The molecule has 26 heavy (non-hydrogen) atoms. The van der Waals surface area contributed by atoms with Gasteiger partial charge >= 0.3 is 0 Å². The largest absolute Gasteiger partial charge is 0.278 e. The predicted octanol–water partition coefficient (Wildman–Crippen LogP) is 1.41. The fourth-order valence-electron chi connectivity index (χ4n) is 2.03. The van der Waals surface area contributed by atoms with Crippen molar-refractivity contribution in [2.45, 2.75) is 11.8 Å². The second kappa shape index (κ2) is 8.32. The number of carbonyl (C=O) groups excluding carboxylic acids is 1. The Morgan fingerprint density at radius 2 is 1.73 bits per heavy atom. The van der Waals surface area contributed by atoms with Crippen LogP contribution in [0.4, 0.5) is 5.69 Å². The number of nitrogens with zero attached hydrogens (tertiary/aromatic N) is 2. The molecule has 0 atom stereocenters. The number of rotatable bonds is 7. The Bertz CT molecular complexity index is 942. The molecular weight excluding hydrogens is 360 g/mol. The first kappa shape index (κ1) is 19.2. The van der Waals surface area contributed by atoms with Crippen LogP contribution in [-0.2, 0) is 14.8 Å². The van der Waals surface area contributed by atoms with Crippen molar-refractivity contribution in [2.24, 2.45) is 5.10 Å². The van der Waals surface area contributed by atoms with Crippen molar-refractivity contribution in [3.8, 4) is 0 Å². The molecule has 0 aliphatic heterocycles. The van der Waals surface area contributed by atoms with Crippen LogP contribution >= 0.6 is 0 Å². The van der Waals surface area contributed by atoms with Crippen molar-refractivity contribution in [2.75, 3.05) is 6.54 Å². The van der Waals surface area contributed by atoms with Gasteiger partial charge in [0.05, 0.1) is 27.6 Å². The van der Waals surface area contributed by atoms with Crippen LogP contribution in [0.5, 0.6) is 0 Å². The smallest absolute Gasteiger partial charge is 0.272 e. The zero-order valence-corrected chi connectivity index (χ0v) is 14.6. The summed E-state index contributed by atoms with van der Waals surface area (Å²) in [4.78, 5) is 22.3. The van der Waals surface area contributed by atoms with E-state index < -0.39 is 27.4 Å². The second-order valence-electron chi connectivity index (χ2n) is 5.14. The molecule has 0 fully saturated rings. The predicted molar refractivity (Wildman–Crippen MR) is 95.1 cm³/mol. The third-order valence-electron chi connectivity index (χ3n) is 3.32. The molecule has 9 nitrogen and oxygen atoms in total. The molecule has 0 unspecified atom stereocenters. The molecule has 2 aromatic rings. The van der Waals surface area contributed by atoms with Gasteiger partial charge in [0, 0.05) is 6.07 Å². The number of benzene rings is 2. The molecular formula is C16H16N4O5S. The highest BCUT2D eigenvalue weighted by atomic mass is 32.2. The van der Waals surface area contributed by atoms with E-state index in [4.69, 9.17) is 0 Å². The lowest BCUT2D eigenvalue weighted by Gasteiger charge is -2.06. The lowest BCUT2D eigenvalue weighted by molar-refractivity contribution is -0.385. The quantitative estimate of drug-likeness (QED) is 0.428. The third-order valence-corrected chi connectivity index (χ3v) is 4.73. The van der Waals surface area contributed by atoms with Crippen LogP contribution in [0, 0.1) is 10.1 Å². The SMILES string of the molecule is C/C(=N/NC(=O)CNS(=O)(=O)c1ccccc1)c1ccccc1[N+](=O)[O-]. The highest BCUT2D eigenvalue weighted by molar-refractivity contribution is 7.89. The number of hydrazone groups is 1. The van der Waals surface area contributed by atoms with Gasteiger partial charge in [-0.15, -0.1) is 0 Å². The normalized spacial score (nSPS) is 11.8. The number of para-hydroxylation sites is 1. The highest BCUT2D eigenvalue weighted by Gasteiger charge is 2.16. The van der Waals surface area contributed by atoms with Crippen molar-refractivity contribution in [1.29, 1.82) is 0 Å². The molecule has 0 heterocycles. The van der Waals surface area contributed by atoms with E-state index in [0.29, 0.717) is 0 Å². The molecule has 136 valence electrons. The number of carbonyl (C=O) groups is 1. The van der Waals surface area contributed by atoms with Gasteiger partial charge in [0.15, 0.2) is 0 Å². The Labute approximate surface area is 149 Å². The average molecular weight is 376 g/mol. The van der Waals surface area contributed by atoms with E-state index in [2.05, 4.69) is 15.2 Å². The Morgan fingerprint density at radius 3 is 2.38 bits per heavy atom. The van der Waals surface area contributed by atoms with E-state index in [0.717, 1.165) is 0 Å². The number of hydrogen-bond donors (Lipinski definition) is 2. The summed E-state index contributed by atoms with van der Waals surface area (Å²) in [5, 5.41) is 14.8. The Balaban J connectivity index is 2.00. The van der Waals surface area contributed by atoms with Crippen LogP contribution in [0.2, 0.25) is 0 Å². The third kappa shape index (κ3) is 4.94. The van der Waals surface area contributed by atoms with Crippen molar-refractivity contribution in [3.05, 3.63) is 70.3 Å². The Morgan fingerprint density at radius 1 is 1.12 bits per heavy atom. The van der Waals surface area contributed by atoms with Crippen LogP contribution in [0.15, 0.2) is 64.6 Å².